The van der Waals surface area contributed by atoms with Crippen LogP contribution in [0.2, 0.25) is 5.02 Å². The first-order chi connectivity index (χ1) is 12.1. The molecule has 0 spiro atoms. The molecule has 0 radical (unpaired) electrons. The fourth-order valence-electron chi connectivity index (χ4n) is 3.03. The summed E-state index contributed by atoms with van der Waals surface area (Å²) in [5.41, 5.74) is 1.93. The van der Waals surface area contributed by atoms with Crippen molar-refractivity contribution in [2.75, 3.05) is 33.2 Å². The molecule has 1 aliphatic heterocycles. The summed E-state index contributed by atoms with van der Waals surface area (Å²) in [7, 11) is 2.09. The third-order valence-electron chi connectivity index (χ3n) is 4.50. The number of hydrogen-bond acceptors (Lipinski definition) is 3. The molecule has 1 aliphatic rings. The monoisotopic (exact) mass is 358 g/mol. The molecule has 1 aromatic heterocycles. The SMILES string of the molecule is CN1CCCN(C(=O)N[C@@H](c2ccc(Cl)cc2)c2cccnc2)CC1. The van der Waals surface area contributed by atoms with Crippen molar-refractivity contribution < 1.29 is 4.79 Å². The quantitative estimate of drug-likeness (QED) is 0.916. The fraction of sp³-hybridized carbons (Fsp3) is 0.368. The maximum absolute atomic E-state index is 12.8. The van der Waals surface area contributed by atoms with Crippen LogP contribution in [0.1, 0.15) is 23.6 Å². The molecule has 0 unspecified atom stereocenters. The van der Waals surface area contributed by atoms with Gasteiger partial charge in [0.2, 0.25) is 0 Å². The summed E-state index contributed by atoms with van der Waals surface area (Å²) in [4.78, 5) is 21.2. The molecule has 25 heavy (non-hydrogen) atoms. The minimum absolute atomic E-state index is 0.0425. The number of likely N-dealkylation sites (N-methyl/N-ethyl adjacent to an activating group) is 1. The second-order valence-corrected chi connectivity index (χ2v) is 6.80. The van der Waals surface area contributed by atoms with E-state index in [2.05, 4.69) is 22.2 Å². The molecular formula is C19H23ClN4O. The van der Waals surface area contributed by atoms with Gasteiger partial charge in [-0.1, -0.05) is 29.8 Å². The van der Waals surface area contributed by atoms with Gasteiger partial charge in [0.05, 0.1) is 6.04 Å². The maximum atomic E-state index is 12.8. The molecule has 1 aromatic carbocycles. The Kier molecular flexibility index (Phi) is 5.89. The minimum atomic E-state index is -0.251. The lowest BCUT2D eigenvalue weighted by molar-refractivity contribution is 0.197. The number of carbonyl (C=O) groups excluding carboxylic acids is 1. The lowest BCUT2D eigenvalue weighted by atomic mass is 10.0. The van der Waals surface area contributed by atoms with Gasteiger partial charge in [-0.15, -0.1) is 0 Å². The molecule has 2 amide bonds. The smallest absolute Gasteiger partial charge is 0.318 e. The predicted molar refractivity (Wildman–Crippen MR) is 99.8 cm³/mol. The number of urea groups is 1. The number of amides is 2. The van der Waals surface area contributed by atoms with Crippen LogP contribution < -0.4 is 5.32 Å². The Balaban J connectivity index is 1.80. The minimum Gasteiger partial charge on any atom is -0.327 e. The van der Waals surface area contributed by atoms with Crippen LogP contribution in [-0.4, -0.2) is 54.0 Å². The summed E-state index contributed by atoms with van der Waals surface area (Å²) in [6, 6.07) is 11.1. The number of carbonyl (C=O) groups is 1. The van der Waals surface area contributed by atoms with E-state index in [9.17, 15) is 4.79 Å². The number of halogens is 1. The summed E-state index contributed by atoms with van der Waals surface area (Å²) in [5.74, 6) is 0. The van der Waals surface area contributed by atoms with E-state index >= 15 is 0 Å². The van der Waals surface area contributed by atoms with Gasteiger partial charge in [-0.25, -0.2) is 4.79 Å². The molecule has 0 saturated carbocycles. The average Bonchev–Trinajstić information content (AvgIpc) is 2.86. The van der Waals surface area contributed by atoms with Crippen LogP contribution in [0.15, 0.2) is 48.8 Å². The van der Waals surface area contributed by atoms with Crippen LogP contribution in [0.25, 0.3) is 0 Å². The third-order valence-corrected chi connectivity index (χ3v) is 4.75. The van der Waals surface area contributed by atoms with Crippen molar-refractivity contribution in [2.45, 2.75) is 12.5 Å². The Morgan fingerprint density at radius 1 is 1.12 bits per heavy atom. The van der Waals surface area contributed by atoms with Gasteiger partial charge in [0, 0.05) is 37.1 Å². The number of nitrogens with zero attached hydrogens (tertiary/aromatic N) is 3. The van der Waals surface area contributed by atoms with Gasteiger partial charge in [0.25, 0.3) is 0 Å². The molecule has 0 bridgehead atoms. The van der Waals surface area contributed by atoms with Crippen LogP contribution in [0, 0.1) is 0 Å². The lowest BCUT2D eigenvalue weighted by Crippen LogP contribution is -2.43. The van der Waals surface area contributed by atoms with Crippen molar-refractivity contribution in [1.29, 1.82) is 0 Å². The van der Waals surface area contributed by atoms with Gasteiger partial charge in [-0.05, 0) is 49.3 Å². The molecule has 2 aromatic rings. The summed E-state index contributed by atoms with van der Waals surface area (Å²) in [6.45, 7) is 3.43. The van der Waals surface area contributed by atoms with Gasteiger partial charge >= 0.3 is 6.03 Å². The van der Waals surface area contributed by atoms with Crippen molar-refractivity contribution >= 4 is 17.6 Å². The van der Waals surface area contributed by atoms with E-state index in [0.717, 1.165) is 43.7 Å². The average molecular weight is 359 g/mol. The molecule has 5 nitrogen and oxygen atoms in total. The zero-order valence-electron chi connectivity index (χ0n) is 14.4. The molecule has 0 aliphatic carbocycles. The number of nitrogens with one attached hydrogen (secondary N) is 1. The zero-order chi connectivity index (χ0) is 17.6. The topological polar surface area (TPSA) is 48.5 Å². The Hall–Kier alpha value is -2.11. The highest BCUT2D eigenvalue weighted by molar-refractivity contribution is 6.30. The van der Waals surface area contributed by atoms with Crippen molar-refractivity contribution in [3.05, 3.63) is 64.9 Å². The zero-order valence-corrected chi connectivity index (χ0v) is 15.1. The Morgan fingerprint density at radius 2 is 1.92 bits per heavy atom. The van der Waals surface area contributed by atoms with Gasteiger partial charge < -0.3 is 15.1 Å². The summed E-state index contributed by atoms with van der Waals surface area (Å²) in [6.07, 6.45) is 4.51. The van der Waals surface area contributed by atoms with E-state index in [0.29, 0.717) is 5.02 Å². The maximum Gasteiger partial charge on any atom is 0.318 e. The standard InChI is InChI=1S/C19H23ClN4O/c1-23-10-3-11-24(13-12-23)19(25)22-18(16-4-2-9-21-14-16)15-5-7-17(20)8-6-15/h2,4-9,14,18H,3,10-13H2,1H3,(H,22,25)/t18-/m0/s1. The first kappa shape index (κ1) is 17.7. The van der Waals surface area contributed by atoms with Crippen molar-refractivity contribution in [2.24, 2.45) is 0 Å². The highest BCUT2D eigenvalue weighted by Crippen LogP contribution is 2.23. The molecule has 1 N–H and O–H groups in total. The highest BCUT2D eigenvalue weighted by Gasteiger charge is 2.22. The molecule has 6 heteroatoms. The third kappa shape index (κ3) is 4.71. The van der Waals surface area contributed by atoms with E-state index in [1.54, 1.807) is 12.4 Å². The molecular weight excluding hydrogens is 336 g/mol. The second kappa shape index (κ2) is 8.32. The largest absolute Gasteiger partial charge is 0.327 e. The molecule has 1 fully saturated rings. The number of hydrogen-bond donors (Lipinski definition) is 1. The van der Waals surface area contributed by atoms with Crippen LogP contribution >= 0.6 is 11.6 Å². The Morgan fingerprint density at radius 3 is 2.64 bits per heavy atom. The summed E-state index contributed by atoms with van der Waals surface area (Å²) >= 11 is 6.01. The van der Waals surface area contributed by atoms with Gasteiger partial charge in [0.1, 0.15) is 0 Å². The molecule has 1 atom stereocenters. The Labute approximate surface area is 153 Å². The number of pyridine rings is 1. The van der Waals surface area contributed by atoms with Crippen LogP contribution in [0.5, 0.6) is 0 Å². The van der Waals surface area contributed by atoms with E-state index < -0.39 is 0 Å². The van der Waals surface area contributed by atoms with Crippen LogP contribution in [-0.2, 0) is 0 Å². The van der Waals surface area contributed by atoms with Crippen molar-refractivity contribution in [1.82, 2.24) is 20.1 Å². The lowest BCUT2D eigenvalue weighted by Gasteiger charge is -2.26. The normalized spacial score (nSPS) is 17.0. The molecule has 3 rings (SSSR count). The molecule has 2 heterocycles. The first-order valence-electron chi connectivity index (χ1n) is 8.53. The number of benzene rings is 1. The van der Waals surface area contributed by atoms with E-state index in [1.165, 1.54) is 0 Å². The van der Waals surface area contributed by atoms with Gasteiger partial charge in [-0.2, -0.15) is 0 Å². The van der Waals surface area contributed by atoms with Gasteiger partial charge in [0.15, 0.2) is 0 Å². The molecule has 132 valence electrons. The second-order valence-electron chi connectivity index (χ2n) is 6.36. The first-order valence-corrected chi connectivity index (χ1v) is 8.90. The highest BCUT2D eigenvalue weighted by atomic mass is 35.5. The molecule has 1 saturated heterocycles. The van der Waals surface area contributed by atoms with Crippen molar-refractivity contribution in [3.8, 4) is 0 Å². The van der Waals surface area contributed by atoms with Crippen molar-refractivity contribution in [3.63, 3.8) is 0 Å². The Bertz CT molecular complexity index is 692. The number of aromatic nitrogens is 1. The fourth-order valence-corrected chi connectivity index (χ4v) is 3.15. The van der Waals surface area contributed by atoms with E-state index in [1.807, 2.05) is 41.3 Å². The van der Waals surface area contributed by atoms with E-state index in [4.69, 9.17) is 11.6 Å². The van der Waals surface area contributed by atoms with Crippen LogP contribution in [0.4, 0.5) is 4.79 Å². The summed E-state index contributed by atoms with van der Waals surface area (Å²) in [5, 5.41) is 3.84. The van der Waals surface area contributed by atoms with E-state index in [-0.39, 0.29) is 12.1 Å². The van der Waals surface area contributed by atoms with Gasteiger partial charge in [-0.3, -0.25) is 4.98 Å². The predicted octanol–water partition coefficient (Wildman–Crippen LogP) is 3.17. The van der Waals surface area contributed by atoms with Crippen LogP contribution in [0.3, 0.4) is 0 Å². The number of rotatable bonds is 3. The summed E-state index contributed by atoms with van der Waals surface area (Å²) < 4.78 is 0.